The second-order valence-electron chi connectivity index (χ2n) is 6.57. The monoisotopic (exact) mass is 368 g/mol. The fourth-order valence-corrected chi connectivity index (χ4v) is 4.10. The van der Waals surface area contributed by atoms with Crippen LogP contribution in [0.3, 0.4) is 0 Å². The van der Waals surface area contributed by atoms with Gasteiger partial charge in [0.1, 0.15) is 0 Å². The van der Waals surface area contributed by atoms with Crippen molar-refractivity contribution >= 4 is 15.7 Å². The number of hydrogen-bond acceptors (Lipinski definition) is 3. The number of piperidine rings is 1. The maximum Gasteiger partial charge on any atom is 0.282 e. The van der Waals surface area contributed by atoms with Crippen LogP contribution in [-0.2, 0) is 10.0 Å². The standard InChI is InChI=1S/C21H24N2O2S/c1-17-5-2-3-7-20(8-4-6-17)23-26(24,25)21-11-9-18(10-12-21)19-13-15-22-16-14-19/h2-5,7-12,19,22H,1,6,13-16H2/b5-2-,7-3-,8-4?,23-20?. The molecule has 0 aromatic heterocycles. The lowest BCUT2D eigenvalue weighted by molar-refractivity contribution is 0.460. The van der Waals surface area contributed by atoms with Crippen LogP contribution in [0.25, 0.3) is 0 Å². The van der Waals surface area contributed by atoms with Crippen molar-refractivity contribution in [3.8, 4) is 0 Å². The maximum absolute atomic E-state index is 12.6. The Kier molecular flexibility index (Phi) is 6.01. The maximum atomic E-state index is 12.6. The van der Waals surface area contributed by atoms with Crippen molar-refractivity contribution < 1.29 is 8.42 Å². The number of hydrogen-bond donors (Lipinski definition) is 1. The number of allylic oxidation sites excluding steroid dienone is 7. The molecule has 1 heterocycles. The third-order valence-electron chi connectivity index (χ3n) is 4.59. The highest BCUT2D eigenvalue weighted by atomic mass is 32.2. The molecule has 2 aliphatic rings. The Bertz CT molecular complexity index is 869. The van der Waals surface area contributed by atoms with Gasteiger partial charge in [0.2, 0.25) is 0 Å². The van der Waals surface area contributed by atoms with E-state index in [0.29, 0.717) is 18.1 Å². The number of benzene rings is 1. The van der Waals surface area contributed by atoms with E-state index in [1.807, 2.05) is 30.4 Å². The van der Waals surface area contributed by atoms with Crippen LogP contribution in [-0.4, -0.2) is 27.2 Å². The van der Waals surface area contributed by atoms with Crippen LogP contribution in [0.2, 0.25) is 0 Å². The first kappa shape index (κ1) is 18.5. The zero-order chi connectivity index (χ0) is 18.4. The zero-order valence-corrected chi connectivity index (χ0v) is 15.6. The predicted octanol–water partition coefficient (Wildman–Crippen LogP) is 3.91. The molecular weight excluding hydrogens is 344 g/mol. The normalized spacial score (nSPS) is 23.2. The van der Waals surface area contributed by atoms with Crippen molar-refractivity contribution in [1.82, 2.24) is 5.32 Å². The van der Waals surface area contributed by atoms with Crippen LogP contribution in [0.4, 0.5) is 0 Å². The van der Waals surface area contributed by atoms with Crippen molar-refractivity contribution in [2.24, 2.45) is 4.40 Å². The van der Waals surface area contributed by atoms with Gasteiger partial charge < -0.3 is 5.32 Å². The quantitative estimate of drug-likeness (QED) is 0.880. The lowest BCUT2D eigenvalue weighted by Crippen LogP contribution is -2.26. The molecule has 3 rings (SSSR count). The summed E-state index contributed by atoms with van der Waals surface area (Å²) in [5.74, 6) is 0.499. The molecule has 5 heteroatoms. The van der Waals surface area contributed by atoms with Crippen molar-refractivity contribution in [2.45, 2.75) is 30.1 Å². The van der Waals surface area contributed by atoms with E-state index in [2.05, 4.69) is 16.3 Å². The van der Waals surface area contributed by atoms with E-state index in [0.717, 1.165) is 31.5 Å². The Morgan fingerprint density at radius 2 is 1.69 bits per heavy atom. The van der Waals surface area contributed by atoms with Gasteiger partial charge in [-0.3, -0.25) is 0 Å². The molecule has 0 unspecified atom stereocenters. The topological polar surface area (TPSA) is 58.5 Å². The fraction of sp³-hybridized carbons (Fsp3) is 0.286. The highest BCUT2D eigenvalue weighted by Gasteiger charge is 2.17. The summed E-state index contributed by atoms with van der Waals surface area (Å²) in [5.41, 5.74) is 2.57. The van der Waals surface area contributed by atoms with E-state index >= 15 is 0 Å². The van der Waals surface area contributed by atoms with E-state index in [4.69, 9.17) is 0 Å². The molecule has 1 fully saturated rings. The number of nitrogens with zero attached hydrogens (tertiary/aromatic N) is 1. The molecule has 0 saturated carbocycles. The van der Waals surface area contributed by atoms with Gasteiger partial charge in [-0.2, -0.15) is 12.8 Å². The van der Waals surface area contributed by atoms with Crippen molar-refractivity contribution in [2.75, 3.05) is 13.1 Å². The second kappa shape index (κ2) is 8.43. The average molecular weight is 369 g/mol. The van der Waals surface area contributed by atoms with Crippen LogP contribution < -0.4 is 5.32 Å². The van der Waals surface area contributed by atoms with Crippen LogP contribution in [0.1, 0.15) is 30.7 Å². The molecule has 1 aliphatic heterocycles. The Hall–Kier alpha value is -2.24. The smallest absolute Gasteiger partial charge is 0.282 e. The highest BCUT2D eigenvalue weighted by Crippen LogP contribution is 2.26. The van der Waals surface area contributed by atoms with E-state index in [-0.39, 0.29) is 4.90 Å². The van der Waals surface area contributed by atoms with Gasteiger partial charge in [0.25, 0.3) is 10.0 Å². The van der Waals surface area contributed by atoms with Crippen molar-refractivity contribution in [1.29, 1.82) is 0 Å². The SMILES string of the molecule is C=C1/C=C\C=C/C(=NS(=O)(=O)c2ccc(C3CCNCC3)cc2)C=CC1. The summed E-state index contributed by atoms with van der Waals surface area (Å²) >= 11 is 0. The molecule has 1 saturated heterocycles. The second-order valence-corrected chi connectivity index (χ2v) is 8.17. The summed E-state index contributed by atoms with van der Waals surface area (Å²) in [5, 5.41) is 3.35. The van der Waals surface area contributed by atoms with E-state index in [9.17, 15) is 8.42 Å². The highest BCUT2D eigenvalue weighted by molar-refractivity contribution is 7.90. The summed E-state index contributed by atoms with van der Waals surface area (Å²) in [4.78, 5) is 0.226. The summed E-state index contributed by atoms with van der Waals surface area (Å²) in [7, 11) is -3.73. The van der Waals surface area contributed by atoms with Crippen LogP contribution in [0.5, 0.6) is 0 Å². The number of rotatable bonds is 3. The minimum Gasteiger partial charge on any atom is -0.317 e. The summed E-state index contributed by atoms with van der Waals surface area (Å²) in [6.07, 6.45) is 13.6. The molecular formula is C21H24N2O2S. The van der Waals surface area contributed by atoms with E-state index in [1.165, 1.54) is 5.56 Å². The number of nitrogens with one attached hydrogen (secondary N) is 1. The van der Waals surface area contributed by atoms with Gasteiger partial charge in [0.05, 0.1) is 10.6 Å². The minimum absolute atomic E-state index is 0.226. The third kappa shape index (κ3) is 4.90. The van der Waals surface area contributed by atoms with Crippen LogP contribution in [0, 0.1) is 0 Å². The first-order valence-corrected chi connectivity index (χ1v) is 10.3. The van der Waals surface area contributed by atoms with E-state index < -0.39 is 10.0 Å². The van der Waals surface area contributed by atoms with E-state index in [1.54, 1.807) is 30.4 Å². The molecule has 1 aliphatic carbocycles. The predicted molar refractivity (Wildman–Crippen MR) is 107 cm³/mol. The Balaban J connectivity index is 1.81. The molecule has 0 amide bonds. The molecule has 0 spiro atoms. The lowest BCUT2D eigenvalue weighted by Gasteiger charge is -2.23. The zero-order valence-electron chi connectivity index (χ0n) is 14.8. The molecule has 136 valence electrons. The summed E-state index contributed by atoms with van der Waals surface area (Å²) in [6, 6.07) is 7.18. The number of sulfonamides is 1. The van der Waals surface area contributed by atoms with Gasteiger partial charge in [0.15, 0.2) is 0 Å². The Morgan fingerprint density at radius 1 is 1.00 bits per heavy atom. The molecule has 1 N–H and O–H groups in total. The van der Waals surface area contributed by atoms with Gasteiger partial charge in [-0.05, 0) is 68.1 Å². The van der Waals surface area contributed by atoms with Crippen LogP contribution in [0.15, 0.2) is 82.2 Å². The molecule has 0 atom stereocenters. The lowest BCUT2D eigenvalue weighted by atomic mass is 9.90. The van der Waals surface area contributed by atoms with Gasteiger partial charge in [-0.1, -0.05) is 48.6 Å². The van der Waals surface area contributed by atoms with Gasteiger partial charge in [-0.25, -0.2) is 0 Å². The molecule has 0 radical (unpaired) electrons. The summed E-state index contributed by atoms with van der Waals surface area (Å²) < 4.78 is 29.3. The average Bonchev–Trinajstić information content (AvgIpc) is 2.75. The Labute approximate surface area is 155 Å². The molecule has 0 bridgehead atoms. The molecule has 4 nitrogen and oxygen atoms in total. The molecule has 26 heavy (non-hydrogen) atoms. The molecule has 1 aromatic carbocycles. The van der Waals surface area contributed by atoms with Crippen LogP contribution >= 0.6 is 0 Å². The van der Waals surface area contributed by atoms with Crippen molar-refractivity contribution in [3.05, 3.63) is 78.4 Å². The van der Waals surface area contributed by atoms with Gasteiger partial charge in [0, 0.05) is 0 Å². The van der Waals surface area contributed by atoms with Crippen molar-refractivity contribution in [3.63, 3.8) is 0 Å². The fourth-order valence-electron chi connectivity index (χ4n) is 3.12. The molecule has 1 aromatic rings. The van der Waals surface area contributed by atoms with Gasteiger partial charge in [-0.15, -0.1) is 0 Å². The van der Waals surface area contributed by atoms with Gasteiger partial charge >= 0.3 is 0 Å². The Morgan fingerprint density at radius 3 is 2.42 bits per heavy atom. The minimum atomic E-state index is -3.73. The first-order chi connectivity index (χ1) is 12.5. The largest absolute Gasteiger partial charge is 0.317 e. The first-order valence-electron chi connectivity index (χ1n) is 8.89. The third-order valence-corrected chi connectivity index (χ3v) is 5.91. The summed E-state index contributed by atoms with van der Waals surface area (Å²) in [6.45, 7) is 5.94.